The molecule has 2 N–H and O–H groups in total. The molecule has 0 unspecified atom stereocenters. The number of aliphatic hydroxyl groups is 1. The molecule has 1 aromatic carbocycles. The average Bonchev–Trinajstić information content (AvgIpc) is 2.70. The molecule has 3 rings (SSSR count). The zero-order valence-electron chi connectivity index (χ0n) is 11.1. The van der Waals surface area contributed by atoms with E-state index in [0.717, 1.165) is 18.6 Å². The summed E-state index contributed by atoms with van der Waals surface area (Å²) in [5.41, 5.74) is 0.410. The van der Waals surface area contributed by atoms with Crippen LogP contribution in [0.3, 0.4) is 0 Å². The first-order valence-corrected chi connectivity index (χ1v) is 6.69. The average molecular weight is 278 g/mol. The maximum absolute atomic E-state index is 13.9. The van der Waals surface area contributed by atoms with Crippen molar-refractivity contribution in [2.24, 2.45) is 11.3 Å². The van der Waals surface area contributed by atoms with Crippen LogP contribution in [0.15, 0.2) is 30.4 Å². The number of aromatic hydroxyl groups is 1. The van der Waals surface area contributed by atoms with Crippen molar-refractivity contribution in [3.05, 3.63) is 47.6 Å². The molecule has 4 heteroatoms. The van der Waals surface area contributed by atoms with E-state index in [1.165, 1.54) is 0 Å². The van der Waals surface area contributed by atoms with Crippen molar-refractivity contribution in [1.29, 1.82) is 0 Å². The van der Waals surface area contributed by atoms with Gasteiger partial charge in [0.25, 0.3) is 0 Å². The minimum atomic E-state index is -0.838. The van der Waals surface area contributed by atoms with Gasteiger partial charge >= 0.3 is 0 Å². The maximum atomic E-state index is 13.9. The molecule has 0 aliphatic heterocycles. The van der Waals surface area contributed by atoms with E-state index < -0.39 is 23.5 Å². The van der Waals surface area contributed by atoms with Crippen molar-refractivity contribution in [2.75, 3.05) is 0 Å². The van der Waals surface area contributed by atoms with Gasteiger partial charge in [0.1, 0.15) is 5.82 Å². The highest BCUT2D eigenvalue weighted by Crippen LogP contribution is 2.49. The van der Waals surface area contributed by atoms with E-state index in [1.54, 1.807) is 6.08 Å². The molecule has 1 fully saturated rings. The minimum Gasteiger partial charge on any atom is -0.505 e. The monoisotopic (exact) mass is 278 g/mol. The number of hydrogen-bond donors (Lipinski definition) is 2. The van der Waals surface area contributed by atoms with E-state index in [4.69, 9.17) is 5.11 Å². The van der Waals surface area contributed by atoms with Gasteiger partial charge in [-0.25, -0.2) is 8.78 Å². The van der Waals surface area contributed by atoms with Crippen molar-refractivity contribution in [1.82, 2.24) is 0 Å². The highest BCUT2D eigenvalue weighted by molar-refractivity contribution is 5.76. The van der Waals surface area contributed by atoms with Crippen molar-refractivity contribution < 1.29 is 19.0 Å². The summed E-state index contributed by atoms with van der Waals surface area (Å²) in [6.07, 6.45) is 6.64. The molecule has 2 nitrogen and oxygen atoms in total. The van der Waals surface area contributed by atoms with Crippen LogP contribution in [-0.4, -0.2) is 16.3 Å². The van der Waals surface area contributed by atoms with Crippen LogP contribution in [0.25, 0.3) is 5.57 Å². The molecule has 0 amide bonds. The fourth-order valence-electron chi connectivity index (χ4n) is 3.18. The summed E-state index contributed by atoms with van der Waals surface area (Å²) in [6.45, 7) is 1.98. The normalized spacial score (nSPS) is 32.1. The second-order valence-corrected chi connectivity index (χ2v) is 5.80. The van der Waals surface area contributed by atoms with Gasteiger partial charge in [-0.2, -0.15) is 0 Å². The summed E-state index contributed by atoms with van der Waals surface area (Å²) in [7, 11) is 0. The lowest BCUT2D eigenvalue weighted by Crippen LogP contribution is -2.31. The van der Waals surface area contributed by atoms with E-state index in [0.29, 0.717) is 12.0 Å². The van der Waals surface area contributed by atoms with Gasteiger partial charge in [0.15, 0.2) is 11.6 Å². The molecule has 0 spiro atoms. The number of hydrogen-bond acceptors (Lipinski definition) is 2. The van der Waals surface area contributed by atoms with Gasteiger partial charge in [-0.05, 0) is 30.4 Å². The van der Waals surface area contributed by atoms with E-state index in [9.17, 15) is 13.9 Å². The molecule has 0 bridgehead atoms. The number of aliphatic hydroxyl groups excluding tert-OH is 1. The smallest absolute Gasteiger partial charge is 0.165 e. The van der Waals surface area contributed by atoms with Gasteiger partial charge in [0.05, 0.1) is 6.10 Å². The number of benzene rings is 1. The summed E-state index contributed by atoms with van der Waals surface area (Å²) >= 11 is 0. The number of allylic oxidation sites excluding steroid dienone is 3. The van der Waals surface area contributed by atoms with E-state index in [-0.39, 0.29) is 16.9 Å². The summed E-state index contributed by atoms with van der Waals surface area (Å²) in [4.78, 5) is 0. The topological polar surface area (TPSA) is 40.5 Å². The van der Waals surface area contributed by atoms with Gasteiger partial charge in [0, 0.05) is 17.0 Å². The Balaban J connectivity index is 2.02. The third kappa shape index (κ3) is 1.86. The third-order valence-corrected chi connectivity index (χ3v) is 4.62. The Kier molecular flexibility index (Phi) is 2.94. The predicted molar refractivity (Wildman–Crippen MR) is 72.0 cm³/mol. The van der Waals surface area contributed by atoms with Crippen LogP contribution in [0.5, 0.6) is 5.75 Å². The molecule has 0 radical (unpaired) electrons. The van der Waals surface area contributed by atoms with Gasteiger partial charge in [-0.3, -0.25) is 0 Å². The number of rotatable bonds is 1. The maximum Gasteiger partial charge on any atom is 0.165 e. The lowest BCUT2D eigenvalue weighted by Gasteiger charge is -2.33. The number of fused-ring (bicyclic) bond motifs is 1. The van der Waals surface area contributed by atoms with Crippen LogP contribution >= 0.6 is 0 Å². The molecule has 2 aliphatic rings. The molecular formula is C16H16F2O2. The van der Waals surface area contributed by atoms with Crippen molar-refractivity contribution in [3.8, 4) is 5.75 Å². The molecule has 0 aromatic heterocycles. The predicted octanol–water partition coefficient (Wildman–Crippen LogP) is 3.40. The minimum absolute atomic E-state index is 0.119. The highest BCUT2D eigenvalue weighted by atomic mass is 19.1. The van der Waals surface area contributed by atoms with Crippen molar-refractivity contribution in [2.45, 2.75) is 25.9 Å². The lowest BCUT2D eigenvalue weighted by molar-refractivity contribution is 0.0854. The van der Waals surface area contributed by atoms with Crippen LogP contribution in [-0.2, 0) is 0 Å². The second-order valence-electron chi connectivity index (χ2n) is 5.80. The van der Waals surface area contributed by atoms with E-state index in [2.05, 4.69) is 0 Å². The van der Waals surface area contributed by atoms with Crippen LogP contribution < -0.4 is 0 Å². The van der Waals surface area contributed by atoms with Gasteiger partial charge in [-0.15, -0.1) is 0 Å². The van der Waals surface area contributed by atoms with E-state index in [1.807, 2.05) is 19.1 Å². The first-order chi connectivity index (χ1) is 9.41. The van der Waals surface area contributed by atoms with Crippen molar-refractivity contribution >= 4 is 5.57 Å². The lowest BCUT2D eigenvalue weighted by atomic mass is 9.73. The first-order valence-electron chi connectivity index (χ1n) is 6.69. The number of phenolic OH excluding ortho intramolecular Hbond substituents is 1. The Morgan fingerprint density at radius 1 is 1.20 bits per heavy atom. The fourth-order valence-corrected chi connectivity index (χ4v) is 3.18. The Hall–Kier alpha value is -1.68. The fraction of sp³-hybridized carbons (Fsp3) is 0.375. The zero-order valence-corrected chi connectivity index (χ0v) is 11.1. The number of phenols is 1. The SMILES string of the molecule is C[C@]12C=CC(c3cc(F)c(O)cc3F)=C[C@H]1CC[C@@H]2O. The molecule has 0 heterocycles. The Bertz CT molecular complexity index is 621. The second kappa shape index (κ2) is 4.42. The molecular weight excluding hydrogens is 262 g/mol. The largest absolute Gasteiger partial charge is 0.505 e. The standard InChI is InChI=1S/C16H16F2O2/c1-16-5-4-9(6-10(16)2-3-15(16)20)11-7-13(18)14(19)8-12(11)17/h4-8,10,15,19-20H,2-3H2,1H3/t10-,15+,16+/m1/s1. The third-order valence-electron chi connectivity index (χ3n) is 4.62. The molecule has 1 saturated carbocycles. The summed E-state index contributed by atoms with van der Waals surface area (Å²) in [6, 6.07) is 1.80. The van der Waals surface area contributed by atoms with Gasteiger partial charge in [-0.1, -0.05) is 25.2 Å². The van der Waals surface area contributed by atoms with Gasteiger partial charge in [0.2, 0.25) is 0 Å². The molecule has 1 aromatic rings. The molecule has 20 heavy (non-hydrogen) atoms. The van der Waals surface area contributed by atoms with Crippen molar-refractivity contribution in [3.63, 3.8) is 0 Å². The Morgan fingerprint density at radius 2 is 1.95 bits per heavy atom. The van der Waals surface area contributed by atoms with E-state index >= 15 is 0 Å². The first kappa shape index (κ1) is 13.3. The van der Waals surface area contributed by atoms with Crippen LogP contribution in [0.2, 0.25) is 0 Å². The summed E-state index contributed by atoms with van der Waals surface area (Å²) in [5.74, 6) is -2.06. The van der Waals surface area contributed by atoms with Crippen LogP contribution in [0.4, 0.5) is 8.78 Å². The molecule has 2 aliphatic carbocycles. The van der Waals surface area contributed by atoms with Gasteiger partial charge < -0.3 is 10.2 Å². The Morgan fingerprint density at radius 3 is 2.70 bits per heavy atom. The summed E-state index contributed by atoms with van der Waals surface area (Å²) < 4.78 is 27.3. The number of halogens is 2. The molecule has 0 saturated heterocycles. The summed E-state index contributed by atoms with van der Waals surface area (Å²) in [5, 5.41) is 19.2. The van der Waals surface area contributed by atoms with Crippen LogP contribution in [0, 0.1) is 23.0 Å². The zero-order chi connectivity index (χ0) is 14.5. The molecule has 106 valence electrons. The highest BCUT2D eigenvalue weighted by Gasteiger charge is 2.44. The molecule has 3 atom stereocenters. The van der Waals surface area contributed by atoms with Crippen LogP contribution in [0.1, 0.15) is 25.3 Å². The quantitative estimate of drug-likeness (QED) is 0.826. The Labute approximate surface area is 116 Å².